The number of nitrogen functional groups attached to an aromatic ring is 1. The fourth-order valence-corrected chi connectivity index (χ4v) is 1.67. The molecule has 2 rings (SSSR count). The summed E-state index contributed by atoms with van der Waals surface area (Å²) in [5.74, 6) is 0.498. The van der Waals surface area contributed by atoms with Crippen LogP contribution in [-0.4, -0.2) is 9.97 Å². The van der Waals surface area contributed by atoms with E-state index in [1.54, 1.807) is 6.92 Å². The number of aromatic nitrogens is 2. The first kappa shape index (κ1) is 9.37. The molecule has 1 fully saturated rings. The van der Waals surface area contributed by atoms with Crippen molar-refractivity contribution in [3.8, 4) is 0 Å². The summed E-state index contributed by atoms with van der Waals surface area (Å²) < 4.78 is 13.1. The van der Waals surface area contributed by atoms with Crippen LogP contribution in [0.3, 0.4) is 0 Å². The Morgan fingerprint density at radius 1 is 1.43 bits per heavy atom. The van der Waals surface area contributed by atoms with Crippen LogP contribution in [0.1, 0.15) is 37.7 Å². The van der Waals surface area contributed by atoms with Gasteiger partial charge in [-0.3, -0.25) is 0 Å². The van der Waals surface area contributed by atoms with Gasteiger partial charge in [-0.25, -0.2) is 14.4 Å². The van der Waals surface area contributed by atoms with E-state index in [2.05, 4.69) is 23.8 Å². The predicted octanol–water partition coefficient (Wildman–Crippen LogP) is 2.02. The van der Waals surface area contributed by atoms with Gasteiger partial charge in [0.1, 0.15) is 5.82 Å². The fraction of sp³-hybridized carbons (Fsp3) is 0.600. The molecule has 1 unspecified atom stereocenters. The van der Waals surface area contributed by atoms with Gasteiger partial charge in [-0.2, -0.15) is 0 Å². The average Bonchev–Trinajstić information content (AvgIpc) is 2.70. The molecule has 0 bridgehead atoms. The van der Waals surface area contributed by atoms with Gasteiger partial charge in [0, 0.05) is 5.92 Å². The number of rotatable bonds is 1. The Morgan fingerprint density at radius 2 is 2.00 bits per heavy atom. The van der Waals surface area contributed by atoms with Crippen molar-refractivity contribution in [2.24, 2.45) is 5.41 Å². The number of anilines is 1. The number of nitrogens with zero attached hydrogens (tertiary/aromatic N) is 2. The lowest BCUT2D eigenvalue weighted by atomic mass is 10.1. The second-order valence-corrected chi connectivity index (χ2v) is 4.61. The third-order valence-corrected chi connectivity index (χ3v) is 2.88. The molecule has 14 heavy (non-hydrogen) atoms. The van der Waals surface area contributed by atoms with E-state index in [1.807, 2.05) is 0 Å². The van der Waals surface area contributed by atoms with Gasteiger partial charge >= 0.3 is 0 Å². The first-order chi connectivity index (χ1) is 6.42. The lowest BCUT2D eigenvalue weighted by Crippen LogP contribution is -2.06. The van der Waals surface area contributed by atoms with E-state index in [1.165, 1.54) is 0 Å². The number of nitrogens with two attached hydrogens (primary N) is 1. The van der Waals surface area contributed by atoms with Crippen LogP contribution >= 0.6 is 0 Å². The number of hydrogen-bond acceptors (Lipinski definition) is 3. The molecule has 0 aromatic carbocycles. The molecule has 4 heteroatoms. The van der Waals surface area contributed by atoms with Crippen molar-refractivity contribution < 1.29 is 4.39 Å². The van der Waals surface area contributed by atoms with Crippen molar-refractivity contribution >= 4 is 5.82 Å². The molecule has 1 heterocycles. The smallest absolute Gasteiger partial charge is 0.186 e. The standard InChI is InChI=1S/C10H14FN3/c1-5-7(11)8(12)14-9(13-5)6-4-10(6,2)3/h6H,4H2,1-3H3,(H2,12,13,14). The molecule has 1 atom stereocenters. The second kappa shape index (κ2) is 2.65. The third kappa shape index (κ3) is 1.35. The van der Waals surface area contributed by atoms with Gasteiger partial charge in [0.25, 0.3) is 0 Å². The van der Waals surface area contributed by atoms with Crippen LogP contribution in [0.4, 0.5) is 10.2 Å². The topological polar surface area (TPSA) is 51.8 Å². The molecule has 0 aliphatic heterocycles. The minimum atomic E-state index is -0.493. The molecule has 76 valence electrons. The molecule has 3 nitrogen and oxygen atoms in total. The summed E-state index contributed by atoms with van der Waals surface area (Å²) in [6.45, 7) is 5.91. The maximum atomic E-state index is 13.1. The zero-order valence-electron chi connectivity index (χ0n) is 8.63. The number of aryl methyl sites for hydroxylation is 1. The van der Waals surface area contributed by atoms with E-state index in [-0.39, 0.29) is 11.2 Å². The van der Waals surface area contributed by atoms with Crippen LogP contribution in [0.25, 0.3) is 0 Å². The van der Waals surface area contributed by atoms with E-state index >= 15 is 0 Å². The van der Waals surface area contributed by atoms with Gasteiger partial charge in [-0.05, 0) is 18.8 Å². The minimum absolute atomic E-state index is 0.0322. The first-order valence-electron chi connectivity index (χ1n) is 4.71. The van der Waals surface area contributed by atoms with Crippen LogP contribution in [0.15, 0.2) is 0 Å². The minimum Gasteiger partial charge on any atom is -0.381 e. The normalized spacial score (nSPS) is 23.6. The summed E-state index contributed by atoms with van der Waals surface area (Å²) in [7, 11) is 0. The maximum absolute atomic E-state index is 13.1. The largest absolute Gasteiger partial charge is 0.381 e. The second-order valence-electron chi connectivity index (χ2n) is 4.61. The molecule has 1 aromatic rings. The van der Waals surface area contributed by atoms with E-state index in [0.717, 1.165) is 6.42 Å². The highest BCUT2D eigenvalue weighted by Gasteiger charge is 2.48. The Kier molecular flexibility index (Phi) is 1.77. The monoisotopic (exact) mass is 195 g/mol. The zero-order chi connectivity index (χ0) is 10.5. The molecular weight excluding hydrogens is 181 g/mol. The molecule has 1 aliphatic carbocycles. The summed E-state index contributed by atoms with van der Waals surface area (Å²) in [5, 5.41) is 0. The van der Waals surface area contributed by atoms with Gasteiger partial charge in [0.2, 0.25) is 0 Å². The van der Waals surface area contributed by atoms with Crippen LogP contribution in [-0.2, 0) is 0 Å². The molecule has 2 N–H and O–H groups in total. The van der Waals surface area contributed by atoms with E-state index in [9.17, 15) is 4.39 Å². The van der Waals surface area contributed by atoms with Gasteiger partial charge in [0.15, 0.2) is 11.6 Å². The highest BCUT2D eigenvalue weighted by Crippen LogP contribution is 2.57. The SMILES string of the molecule is Cc1nc(C2CC2(C)C)nc(N)c1F. The number of hydrogen-bond donors (Lipinski definition) is 1. The average molecular weight is 195 g/mol. The Labute approximate surface area is 82.6 Å². The van der Waals surface area contributed by atoms with Gasteiger partial charge in [-0.1, -0.05) is 13.8 Å². The molecule has 0 amide bonds. The molecule has 0 saturated heterocycles. The lowest BCUT2D eigenvalue weighted by Gasteiger charge is -2.05. The van der Waals surface area contributed by atoms with Crippen molar-refractivity contribution in [1.82, 2.24) is 9.97 Å². The van der Waals surface area contributed by atoms with E-state index in [0.29, 0.717) is 17.4 Å². The van der Waals surface area contributed by atoms with Crippen molar-refractivity contribution in [2.45, 2.75) is 33.1 Å². The lowest BCUT2D eigenvalue weighted by molar-refractivity contribution is 0.583. The Bertz CT molecular complexity index is 364. The number of halogens is 1. The summed E-state index contributed by atoms with van der Waals surface area (Å²) in [5.41, 5.74) is 6.04. The zero-order valence-corrected chi connectivity index (χ0v) is 8.63. The quantitative estimate of drug-likeness (QED) is 0.745. The van der Waals surface area contributed by atoms with E-state index < -0.39 is 5.82 Å². The van der Waals surface area contributed by atoms with Gasteiger partial charge in [0.05, 0.1) is 5.69 Å². The third-order valence-electron chi connectivity index (χ3n) is 2.88. The molecule has 1 aromatic heterocycles. The summed E-state index contributed by atoms with van der Waals surface area (Å²) >= 11 is 0. The van der Waals surface area contributed by atoms with Crippen molar-refractivity contribution in [3.05, 3.63) is 17.3 Å². The van der Waals surface area contributed by atoms with Crippen LogP contribution < -0.4 is 5.73 Å². The first-order valence-corrected chi connectivity index (χ1v) is 4.71. The van der Waals surface area contributed by atoms with E-state index in [4.69, 9.17) is 5.73 Å². The Morgan fingerprint density at radius 3 is 2.43 bits per heavy atom. The predicted molar refractivity (Wildman–Crippen MR) is 52.3 cm³/mol. The molecule has 1 aliphatic rings. The highest BCUT2D eigenvalue weighted by atomic mass is 19.1. The molecule has 1 saturated carbocycles. The van der Waals surface area contributed by atoms with Crippen molar-refractivity contribution in [3.63, 3.8) is 0 Å². The van der Waals surface area contributed by atoms with Gasteiger partial charge < -0.3 is 5.73 Å². The summed E-state index contributed by atoms with van der Waals surface area (Å²) in [4.78, 5) is 8.11. The van der Waals surface area contributed by atoms with Crippen LogP contribution in [0, 0.1) is 18.2 Å². The highest BCUT2D eigenvalue weighted by molar-refractivity contribution is 5.34. The summed E-state index contributed by atoms with van der Waals surface area (Å²) in [6, 6.07) is 0. The molecular formula is C10H14FN3. The van der Waals surface area contributed by atoms with Crippen LogP contribution in [0.2, 0.25) is 0 Å². The van der Waals surface area contributed by atoms with Crippen molar-refractivity contribution in [1.29, 1.82) is 0 Å². The molecule has 0 spiro atoms. The van der Waals surface area contributed by atoms with Crippen molar-refractivity contribution in [2.75, 3.05) is 5.73 Å². The Balaban J connectivity index is 2.38. The van der Waals surface area contributed by atoms with Crippen LogP contribution in [0.5, 0.6) is 0 Å². The summed E-state index contributed by atoms with van der Waals surface area (Å²) in [6.07, 6.45) is 1.05. The maximum Gasteiger partial charge on any atom is 0.186 e. The fourth-order valence-electron chi connectivity index (χ4n) is 1.67. The molecule has 0 radical (unpaired) electrons. The van der Waals surface area contributed by atoms with Gasteiger partial charge in [-0.15, -0.1) is 0 Å². The Hall–Kier alpha value is -1.19.